The molecule has 2 aromatic rings. The van der Waals surface area contributed by atoms with Crippen LogP contribution in [0.1, 0.15) is 64.0 Å². The summed E-state index contributed by atoms with van der Waals surface area (Å²) in [7, 11) is 0. The summed E-state index contributed by atoms with van der Waals surface area (Å²) >= 11 is 3.49. The molecule has 3 aliphatic carbocycles. The molecule has 0 unspecified atom stereocenters. The standard InChI is InChI=1S/C26H30BrNO3/c1-24(2,3)31-23(30)28(18-19-7-5-4-6-8-19)25-13-15-26(16-14-25,22(29)17-25)20-9-11-21(27)12-10-20/h4-12H,13-18H2,1-3H3. The molecule has 3 aliphatic rings. The lowest BCUT2D eigenvalue weighted by atomic mass is 9.54. The minimum atomic E-state index is -0.586. The molecule has 0 aliphatic heterocycles. The fourth-order valence-electron chi connectivity index (χ4n) is 5.16. The number of fused-ring (bicyclic) bond motifs is 3. The molecule has 0 saturated heterocycles. The number of Topliss-reactive ketones (excluding diaryl/α,β-unsaturated/α-hetero) is 1. The number of amides is 1. The van der Waals surface area contributed by atoms with Crippen molar-refractivity contribution in [2.45, 2.75) is 76.0 Å². The summed E-state index contributed by atoms with van der Waals surface area (Å²) in [5, 5.41) is 0. The monoisotopic (exact) mass is 483 g/mol. The largest absolute Gasteiger partial charge is 0.444 e. The van der Waals surface area contributed by atoms with Gasteiger partial charge in [-0.15, -0.1) is 0 Å². The van der Waals surface area contributed by atoms with Gasteiger partial charge in [0.25, 0.3) is 0 Å². The number of rotatable bonds is 4. The Balaban J connectivity index is 1.64. The van der Waals surface area contributed by atoms with Crippen molar-refractivity contribution in [1.29, 1.82) is 0 Å². The Hall–Kier alpha value is -2.14. The van der Waals surface area contributed by atoms with Crippen molar-refractivity contribution < 1.29 is 14.3 Å². The first-order valence-electron chi connectivity index (χ1n) is 11.0. The van der Waals surface area contributed by atoms with Crippen LogP contribution in [0.4, 0.5) is 4.79 Å². The van der Waals surface area contributed by atoms with Gasteiger partial charge in [-0.05, 0) is 69.7 Å². The van der Waals surface area contributed by atoms with Crippen LogP contribution in [-0.4, -0.2) is 27.9 Å². The van der Waals surface area contributed by atoms with Gasteiger partial charge in [-0.1, -0.05) is 58.4 Å². The van der Waals surface area contributed by atoms with Crippen LogP contribution in [0, 0.1) is 0 Å². The summed E-state index contributed by atoms with van der Waals surface area (Å²) in [4.78, 5) is 28.7. The second kappa shape index (κ2) is 8.09. The first-order chi connectivity index (χ1) is 14.6. The highest BCUT2D eigenvalue weighted by atomic mass is 79.9. The van der Waals surface area contributed by atoms with Crippen LogP contribution in [0.2, 0.25) is 0 Å². The molecule has 0 heterocycles. The van der Waals surface area contributed by atoms with Crippen LogP contribution >= 0.6 is 15.9 Å². The van der Waals surface area contributed by atoms with Gasteiger partial charge in [-0.2, -0.15) is 0 Å². The molecular weight excluding hydrogens is 454 g/mol. The molecule has 3 saturated carbocycles. The quantitative estimate of drug-likeness (QED) is 0.504. The fraction of sp³-hybridized carbons (Fsp3) is 0.462. The predicted molar refractivity (Wildman–Crippen MR) is 125 cm³/mol. The van der Waals surface area contributed by atoms with Gasteiger partial charge in [-0.25, -0.2) is 4.79 Å². The lowest BCUT2D eigenvalue weighted by molar-refractivity contribution is -0.139. The van der Waals surface area contributed by atoms with Crippen molar-refractivity contribution in [2.75, 3.05) is 0 Å². The lowest BCUT2D eigenvalue weighted by Gasteiger charge is -2.56. The van der Waals surface area contributed by atoms with Crippen LogP contribution < -0.4 is 0 Å². The van der Waals surface area contributed by atoms with E-state index in [1.54, 1.807) is 0 Å². The average molecular weight is 484 g/mol. The number of hydrogen-bond donors (Lipinski definition) is 0. The van der Waals surface area contributed by atoms with E-state index < -0.39 is 16.6 Å². The molecule has 0 N–H and O–H groups in total. The Morgan fingerprint density at radius 3 is 2.16 bits per heavy atom. The minimum absolute atomic E-state index is 0.244. The highest BCUT2D eigenvalue weighted by Gasteiger charge is 2.58. The van der Waals surface area contributed by atoms with E-state index in [1.165, 1.54) is 0 Å². The third-order valence-corrected chi connectivity index (χ3v) is 7.35. The maximum absolute atomic E-state index is 13.5. The van der Waals surface area contributed by atoms with E-state index in [1.807, 2.05) is 68.1 Å². The molecule has 5 rings (SSSR count). The van der Waals surface area contributed by atoms with Crippen molar-refractivity contribution in [1.82, 2.24) is 4.90 Å². The van der Waals surface area contributed by atoms with Crippen LogP contribution in [-0.2, 0) is 21.5 Å². The number of nitrogens with zero attached hydrogens (tertiary/aromatic N) is 1. The Kier molecular flexibility index (Phi) is 5.76. The number of carbonyl (C=O) groups is 2. The van der Waals surface area contributed by atoms with Crippen molar-refractivity contribution >= 4 is 27.8 Å². The van der Waals surface area contributed by atoms with Gasteiger partial charge in [0.05, 0.1) is 11.0 Å². The zero-order chi connectivity index (χ0) is 22.3. The summed E-state index contributed by atoms with van der Waals surface area (Å²) < 4.78 is 6.81. The normalized spacial score (nSPS) is 25.4. The Labute approximate surface area is 193 Å². The van der Waals surface area contributed by atoms with E-state index in [-0.39, 0.29) is 11.9 Å². The molecule has 2 aromatic carbocycles. The third-order valence-electron chi connectivity index (χ3n) is 6.82. The molecule has 0 radical (unpaired) electrons. The summed E-state index contributed by atoms with van der Waals surface area (Å²) in [6.07, 6.45) is 3.20. The van der Waals surface area contributed by atoms with E-state index in [9.17, 15) is 9.59 Å². The van der Waals surface area contributed by atoms with Crippen LogP contribution in [0.15, 0.2) is 59.1 Å². The number of carbonyl (C=O) groups excluding carboxylic acids is 2. The van der Waals surface area contributed by atoms with E-state index in [4.69, 9.17) is 4.74 Å². The SMILES string of the molecule is CC(C)(C)OC(=O)N(Cc1ccccc1)C12CCC(c3ccc(Br)cc3)(CC1)C(=O)C2. The first kappa shape index (κ1) is 22.1. The van der Waals surface area contributed by atoms with Crippen LogP contribution in [0.25, 0.3) is 0 Å². The van der Waals surface area contributed by atoms with Gasteiger partial charge in [0, 0.05) is 17.4 Å². The van der Waals surface area contributed by atoms with Gasteiger partial charge in [0.1, 0.15) is 11.4 Å². The molecule has 1 amide bonds. The Morgan fingerprint density at radius 2 is 1.61 bits per heavy atom. The molecule has 5 heteroatoms. The molecule has 3 fully saturated rings. The van der Waals surface area contributed by atoms with Gasteiger partial charge in [0.15, 0.2) is 0 Å². The zero-order valence-electron chi connectivity index (χ0n) is 18.5. The number of halogens is 1. The van der Waals surface area contributed by atoms with Crippen molar-refractivity contribution in [2.24, 2.45) is 0 Å². The number of ketones is 1. The molecule has 0 spiro atoms. The molecule has 31 heavy (non-hydrogen) atoms. The van der Waals surface area contributed by atoms with E-state index in [0.717, 1.165) is 41.3 Å². The van der Waals surface area contributed by atoms with Crippen LogP contribution in [0.3, 0.4) is 0 Å². The van der Waals surface area contributed by atoms with E-state index in [0.29, 0.717) is 13.0 Å². The highest BCUT2D eigenvalue weighted by molar-refractivity contribution is 9.10. The zero-order valence-corrected chi connectivity index (χ0v) is 20.1. The van der Waals surface area contributed by atoms with Crippen molar-refractivity contribution in [3.63, 3.8) is 0 Å². The van der Waals surface area contributed by atoms with Crippen LogP contribution in [0.5, 0.6) is 0 Å². The molecule has 2 bridgehead atoms. The fourth-order valence-corrected chi connectivity index (χ4v) is 5.42. The van der Waals surface area contributed by atoms with Gasteiger partial charge in [0.2, 0.25) is 0 Å². The number of hydrogen-bond acceptors (Lipinski definition) is 3. The smallest absolute Gasteiger partial charge is 0.411 e. The van der Waals surface area contributed by atoms with Gasteiger partial charge in [-0.3, -0.25) is 9.69 Å². The predicted octanol–water partition coefficient (Wildman–Crippen LogP) is 6.41. The van der Waals surface area contributed by atoms with E-state index in [2.05, 4.69) is 28.1 Å². The molecular formula is C26H30BrNO3. The average Bonchev–Trinajstić information content (AvgIpc) is 2.73. The summed E-state index contributed by atoms with van der Waals surface area (Å²) in [6, 6.07) is 18.1. The third kappa shape index (κ3) is 4.30. The van der Waals surface area contributed by atoms with E-state index >= 15 is 0 Å². The molecule has 0 atom stereocenters. The summed E-state index contributed by atoms with van der Waals surface area (Å²) in [5.41, 5.74) is 0.657. The number of ether oxygens (including phenoxy) is 1. The second-order valence-electron chi connectivity index (χ2n) is 9.97. The highest BCUT2D eigenvalue weighted by Crippen LogP contribution is 2.54. The Bertz CT molecular complexity index is 954. The first-order valence-corrected chi connectivity index (χ1v) is 11.8. The van der Waals surface area contributed by atoms with Gasteiger partial charge < -0.3 is 4.74 Å². The van der Waals surface area contributed by atoms with Gasteiger partial charge >= 0.3 is 6.09 Å². The van der Waals surface area contributed by atoms with Crippen molar-refractivity contribution in [3.05, 3.63) is 70.2 Å². The van der Waals surface area contributed by atoms with Crippen molar-refractivity contribution in [3.8, 4) is 0 Å². The molecule has 0 aromatic heterocycles. The summed E-state index contributed by atoms with van der Waals surface area (Å²) in [5.74, 6) is 0.244. The molecule has 4 nitrogen and oxygen atoms in total. The lowest BCUT2D eigenvalue weighted by Crippen LogP contribution is -2.63. The second-order valence-corrected chi connectivity index (χ2v) is 10.9. The molecule has 164 valence electrons. The minimum Gasteiger partial charge on any atom is -0.444 e. The number of benzene rings is 2. The Morgan fingerprint density at radius 1 is 1.00 bits per heavy atom. The summed E-state index contributed by atoms with van der Waals surface area (Å²) in [6.45, 7) is 6.10. The topological polar surface area (TPSA) is 46.6 Å². The maximum atomic E-state index is 13.5. The maximum Gasteiger partial charge on any atom is 0.411 e.